The molecule has 0 saturated heterocycles. The van der Waals surface area contributed by atoms with Crippen LogP contribution in [0.25, 0.3) is 0 Å². The minimum absolute atomic E-state index is 0.110. The number of nitrogens with one attached hydrogen (secondary N) is 1. The maximum atomic E-state index is 9.59. The van der Waals surface area contributed by atoms with Crippen molar-refractivity contribution >= 4 is 23.0 Å². The van der Waals surface area contributed by atoms with Gasteiger partial charge in [-0.15, -0.1) is 0 Å². The number of hydrazone groups is 1. The van der Waals surface area contributed by atoms with E-state index in [2.05, 4.69) is 17.5 Å². The van der Waals surface area contributed by atoms with E-state index in [0.717, 1.165) is 17.7 Å². The van der Waals surface area contributed by atoms with Crippen LogP contribution in [-0.4, -0.2) is 21.5 Å². The lowest BCUT2D eigenvalue weighted by atomic mass is 9.89. The number of hydrogen-bond donors (Lipinski definition) is 3. The van der Waals surface area contributed by atoms with Crippen molar-refractivity contribution in [1.82, 2.24) is 5.43 Å². The fourth-order valence-electron chi connectivity index (χ4n) is 2.00. The molecule has 1 heterocycles. The monoisotopic (exact) mass is 279 g/mol. The maximum Gasteiger partial charge on any atom is 0.184 e. The predicted octanol–water partition coefficient (Wildman–Crippen LogP) is 1.88. The Balaban J connectivity index is 2.45. The highest BCUT2D eigenvalue weighted by Crippen LogP contribution is 2.36. The molecule has 0 fully saturated rings. The van der Waals surface area contributed by atoms with Gasteiger partial charge in [-0.25, -0.2) is 0 Å². The van der Waals surface area contributed by atoms with Gasteiger partial charge in [-0.1, -0.05) is 6.92 Å². The third-order valence-electron chi connectivity index (χ3n) is 3.22. The second-order valence-corrected chi connectivity index (χ2v) is 5.24. The first-order chi connectivity index (χ1) is 8.93. The van der Waals surface area contributed by atoms with Gasteiger partial charge in [0.25, 0.3) is 0 Å². The molecule has 1 aromatic rings. The highest BCUT2D eigenvalue weighted by molar-refractivity contribution is 7.80. The molecule has 0 saturated carbocycles. The third kappa shape index (κ3) is 2.96. The van der Waals surface area contributed by atoms with Crippen molar-refractivity contribution < 1.29 is 9.84 Å². The fourth-order valence-corrected chi connectivity index (χ4v) is 2.05. The maximum absolute atomic E-state index is 9.59. The van der Waals surface area contributed by atoms with Crippen LogP contribution in [0.2, 0.25) is 0 Å². The Bertz CT molecular complexity index is 545. The summed E-state index contributed by atoms with van der Waals surface area (Å²) >= 11 is 4.75. The van der Waals surface area contributed by atoms with E-state index in [4.69, 9.17) is 22.7 Å². The molecule has 19 heavy (non-hydrogen) atoms. The van der Waals surface area contributed by atoms with Crippen LogP contribution in [0.15, 0.2) is 23.3 Å². The van der Waals surface area contributed by atoms with Gasteiger partial charge in [-0.05, 0) is 43.8 Å². The van der Waals surface area contributed by atoms with E-state index in [-0.39, 0.29) is 16.5 Å². The smallest absolute Gasteiger partial charge is 0.184 e. The summed E-state index contributed by atoms with van der Waals surface area (Å²) in [5, 5.41) is 13.9. The number of phenolic OH excluding ortho intramolecular Hbond substituents is 1. The van der Waals surface area contributed by atoms with Crippen LogP contribution < -0.4 is 15.9 Å². The molecule has 102 valence electrons. The van der Waals surface area contributed by atoms with Crippen LogP contribution in [0.4, 0.5) is 0 Å². The number of rotatable bonds is 2. The molecule has 5 nitrogen and oxygen atoms in total. The summed E-state index contributed by atoms with van der Waals surface area (Å²) in [5.74, 6) is 0.877. The summed E-state index contributed by atoms with van der Waals surface area (Å²) in [7, 11) is 0. The molecule has 2 rings (SSSR count). The van der Waals surface area contributed by atoms with Gasteiger partial charge in [-0.2, -0.15) is 5.10 Å². The second kappa shape index (κ2) is 5.05. The minimum atomic E-state index is -0.319. The van der Waals surface area contributed by atoms with Crippen molar-refractivity contribution in [3.63, 3.8) is 0 Å². The highest BCUT2D eigenvalue weighted by atomic mass is 32.1. The molecular formula is C13H17N3O2S. The first kappa shape index (κ1) is 13.6. The highest BCUT2D eigenvalue weighted by Gasteiger charge is 2.34. The normalized spacial score (nSPS) is 23.6. The van der Waals surface area contributed by atoms with Gasteiger partial charge in [-0.3, -0.25) is 5.43 Å². The van der Waals surface area contributed by atoms with Gasteiger partial charge in [0.2, 0.25) is 0 Å². The van der Waals surface area contributed by atoms with Crippen molar-refractivity contribution in [3.8, 4) is 11.5 Å². The summed E-state index contributed by atoms with van der Waals surface area (Å²) in [5.41, 5.74) is 9.20. The van der Waals surface area contributed by atoms with Crippen molar-refractivity contribution in [2.24, 2.45) is 10.8 Å². The molecule has 0 radical (unpaired) electrons. The number of nitrogens with zero attached hydrogens (tertiary/aromatic N) is 1. The summed E-state index contributed by atoms with van der Waals surface area (Å²) in [6, 6.07) is 4.97. The molecular weight excluding hydrogens is 262 g/mol. The topological polar surface area (TPSA) is 79.9 Å². The summed E-state index contributed by atoms with van der Waals surface area (Å²) < 4.78 is 5.98. The van der Waals surface area contributed by atoms with E-state index >= 15 is 0 Å². The predicted molar refractivity (Wildman–Crippen MR) is 78.5 cm³/mol. The standard InChI is InChI=1S/C13H17N3O2S/c1-3-13(2)7-10(15-16-12(14)19)9-6-8(17)4-5-11(9)18-13/h4-6,17H,3,7H2,1-2H3,(H3,14,16,19)/b15-10+. The number of nitrogens with two attached hydrogens (primary N) is 1. The molecule has 0 aromatic heterocycles. The van der Waals surface area contributed by atoms with Crippen molar-refractivity contribution in [2.45, 2.75) is 32.3 Å². The number of hydrogen-bond acceptors (Lipinski definition) is 4. The third-order valence-corrected chi connectivity index (χ3v) is 3.31. The summed E-state index contributed by atoms with van der Waals surface area (Å²) in [4.78, 5) is 0. The van der Waals surface area contributed by atoms with Crippen molar-refractivity contribution in [3.05, 3.63) is 23.8 Å². The average Bonchev–Trinajstić information content (AvgIpc) is 2.36. The van der Waals surface area contributed by atoms with Gasteiger partial charge < -0.3 is 15.6 Å². The number of phenols is 1. The lowest BCUT2D eigenvalue weighted by Crippen LogP contribution is -2.39. The van der Waals surface area contributed by atoms with E-state index in [1.807, 2.05) is 6.92 Å². The lowest BCUT2D eigenvalue weighted by Gasteiger charge is -2.35. The van der Waals surface area contributed by atoms with Gasteiger partial charge in [0.05, 0.1) is 5.71 Å². The van der Waals surface area contributed by atoms with Crippen LogP contribution in [0.5, 0.6) is 11.5 Å². The van der Waals surface area contributed by atoms with E-state index in [1.54, 1.807) is 18.2 Å². The Morgan fingerprint density at radius 3 is 3.00 bits per heavy atom. The summed E-state index contributed by atoms with van der Waals surface area (Å²) in [6.45, 7) is 4.09. The molecule has 1 aliphatic heterocycles. The SMILES string of the molecule is CCC1(C)C/C(=N\NC(N)=S)c2cc(O)ccc2O1. The van der Waals surface area contributed by atoms with Crippen LogP contribution in [-0.2, 0) is 0 Å². The van der Waals surface area contributed by atoms with Crippen LogP contribution in [0.1, 0.15) is 32.3 Å². The molecule has 4 N–H and O–H groups in total. The van der Waals surface area contributed by atoms with Crippen LogP contribution in [0.3, 0.4) is 0 Å². The zero-order valence-electron chi connectivity index (χ0n) is 10.9. The number of benzene rings is 1. The molecule has 1 aliphatic rings. The Morgan fingerprint density at radius 2 is 2.37 bits per heavy atom. The zero-order chi connectivity index (χ0) is 14.0. The molecule has 1 unspecified atom stereocenters. The number of fused-ring (bicyclic) bond motifs is 1. The number of thiocarbonyl (C=S) groups is 1. The molecule has 1 atom stereocenters. The molecule has 1 aromatic carbocycles. The molecule has 0 bridgehead atoms. The van der Waals surface area contributed by atoms with Crippen molar-refractivity contribution in [2.75, 3.05) is 0 Å². The lowest BCUT2D eigenvalue weighted by molar-refractivity contribution is 0.0860. The first-order valence-electron chi connectivity index (χ1n) is 6.08. The number of ether oxygens (including phenoxy) is 1. The van der Waals surface area contributed by atoms with E-state index in [0.29, 0.717) is 12.2 Å². The van der Waals surface area contributed by atoms with Crippen LogP contribution >= 0.6 is 12.2 Å². The van der Waals surface area contributed by atoms with Crippen molar-refractivity contribution in [1.29, 1.82) is 0 Å². The average molecular weight is 279 g/mol. The van der Waals surface area contributed by atoms with Gasteiger partial charge in [0, 0.05) is 12.0 Å². The summed E-state index contributed by atoms with van der Waals surface area (Å²) in [6.07, 6.45) is 1.47. The minimum Gasteiger partial charge on any atom is -0.508 e. The Hall–Kier alpha value is -1.82. The Morgan fingerprint density at radius 1 is 1.63 bits per heavy atom. The van der Waals surface area contributed by atoms with E-state index < -0.39 is 0 Å². The van der Waals surface area contributed by atoms with E-state index in [1.165, 1.54) is 0 Å². The van der Waals surface area contributed by atoms with Gasteiger partial charge in [0.1, 0.15) is 17.1 Å². The zero-order valence-corrected chi connectivity index (χ0v) is 11.8. The molecule has 0 aliphatic carbocycles. The molecule has 0 spiro atoms. The Kier molecular flexibility index (Phi) is 3.61. The fraction of sp³-hybridized carbons (Fsp3) is 0.385. The largest absolute Gasteiger partial charge is 0.508 e. The second-order valence-electron chi connectivity index (χ2n) is 4.80. The Labute approximate surface area is 117 Å². The number of aromatic hydroxyl groups is 1. The van der Waals surface area contributed by atoms with Crippen LogP contribution in [0, 0.1) is 0 Å². The first-order valence-corrected chi connectivity index (χ1v) is 6.49. The molecule has 0 amide bonds. The van der Waals surface area contributed by atoms with Gasteiger partial charge >= 0.3 is 0 Å². The molecule has 6 heteroatoms. The quantitative estimate of drug-likeness (QED) is 0.569. The van der Waals surface area contributed by atoms with E-state index in [9.17, 15) is 5.11 Å². The van der Waals surface area contributed by atoms with Gasteiger partial charge in [0.15, 0.2) is 5.11 Å².